The highest BCUT2D eigenvalue weighted by molar-refractivity contribution is 6.30. The van der Waals surface area contributed by atoms with E-state index in [1.54, 1.807) is 10.9 Å². The summed E-state index contributed by atoms with van der Waals surface area (Å²) in [4.78, 5) is 14.6. The highest BCUT2D eigenvalue weighted by Crippen LogP contribution is 2.17. The molecule has 0 atom stereocenters. The quantitative estimate of drug-likeness (QED) is 0.620. The summed E-state index contributed by atoms with van der Waals surface area (Å²) in [6.07, 6.45) is 3.55. The zero-order valence-electron chi connectivity index (χ0n) is 16.1. The number of carbonyl (C=O) groups excluding carboxylic acids is 1. The van der Waals surface area contributed by atoms with Crippen LogP contribution < -0.4 is 0 Å². The van der Waals surface area contributed by atoms with Crippen LogP contribution >= 0.6 is 11.6 Å². The van der Waals surface area contributed by atoms with Crippen LogP contribution in [0.25, 0.3) is 0 Å². The van der Waals surface area contributed by atoms with E-state index in [2.05, 4.69) is 22.4 Å². The minimum absolute atomic E-state index is 0.0751. The lowest BCUT2D eigenvalue weighted by atomic mass is 10.1. The largest absolute Gasteiger partial charge is 0.373 e. The fourth-order valence-electron chi connectivity index (χ4n) is 3.43. The number of benzene rings is 2. The van der Waals surface area contributed by atoms with Crippen LogP contribution in [0.2, 0.25) is 5.02 Å². The molecular formula is C22H23ClN4O2. The molecule has 1 aliphatic rings. The fourth-order valence-corrected chi connectivity index (χ4v) is 3.55. The SMILES string of the molecule is O=C(c1cn(Cc2ccc(Cl)cc2)nn1)N1CCC(OCc2ccccc2)CC1. The van der Waals surface area contributed by atoms with Gasteiger partial charge in [-0.1, -0.05) is 59.3 Å². The summed E-state index contributed by atoms with van der Waals surface area (Å²) in [6, 6.07) is 17.7. The van der Waals surface area contributed by atoms with E-state index in [1.807, 2.05) is 47.4 Å². The van der Waals surface area contributed by atoms with Crippen molar-refractivity contribution < 1.29 is 9.53 Å². The molecule has 1 aliphatic heterocycles. The van der Waals surface area contributed by atoms with Crippen molar-refractivity contribution in [3.63, 3.8) is 0 Å². The first kappa shape index (κ1) is 19.6. The van der Waals surface area contributed by atoms with Crippen molar-refractivity contribution in [2.75, 3.05) is 13.1 Å². The van der Waals surface area contributed by atoms with Crippen molar-refractivity contribution >= 4 is 17.5 Å². The van der Waals surface area contributed by atoms with Gasteiger partial charge in [-0.2, -0.15) is 0 Å². The molecule has 150 valence electrons. The molecule has 1 saturated heterocycles. The van der Waals surface area contributed by atoms with E-state index in [9.17, 15) is 4.79 Å². The van der Waals surface area contributed by atoms with E-state index < -0.39 is 0 Å². The van der Waals surface area contributed by atoms with Gasteiger partial charge in [0.1, 0.15) is 0 Å². The molecule has 0 bridgehead atoms. The summed E-state index contributed by atoms with van der Waals surface area (Å²) in [5.41, 5.74) is 2.60. The van der Waals surface area contributed by atoms with Crippen LogP contribution in [0.5, 0.6) is 0 Å². The molecule has 2 aromatic carbocycles. The second-order valence-corrected chi connectivity index (χ2v) is 7.65. The highest BCUT2D eigenvalue weighted by Gasteiger charge is 2.25. The Morgan fingerprint density at radius 3 is 2.48 bits per heavy atom. The van der Waals surface area contributed by atoms with Gasteiger partial charge in [0.15, 0.2) is 5.69 Å². The lowest BCUT2D eigenvalue weighted by Gasteiger charge is -2.31. The van der Waals surface area contributed by atoms with Crippen molar-refractivity contribution in [1.29, 1.82) is 0 Å². The highest BCUT2D eigenvalue weighted by atomic mass is 35.5. The lowest BCUT2D eigenvalue weighted by molar-refractivity contribution is -0.000511. The number of ether oxygens (including phenoxy) is 1. The van der Waals surface area contributed by atoms with Crippen LogP contribution in [-0.2, 0) is 17.9 Å². The third-order valence-electron chi connectivity index (χ3n) is 5.07. The standard InChI is InChI=1S/C22H23ClN4O2/c23-19-8-6-17(7-9-19)14-27-15-21(24-25-27)22(28)26-12-10-20(11-13-26)29-16-18-4-2-1-3-5-18/h1-9,15,20H,10-14,16H2. The smallest absolute Gasteiger partial charge is 0.276 e. The molecule has 6 nitrogen and oxygen atoms in total. The van der Waals surface area contributed by atoms with Gasteiger partial charge in [0.05, 0.1) is 25.5 Å². The Kier molecular flexibility index (Phi) is 6.22. The van der Waals surface area contributed by atoms with E-state index in [0.717, 1.165) is 18.4 Å². The van der Waals surface area contributed by atoms with Crippen LogP contribution in [0.15, 0.2) is 60.8 Å². The minimum atomic E-state index is -0.0751. The second kappa shape index (κ2) is 9.20. The number of amides is 1. The Bertz CT molecular complexity index is 935. The molecule has 7 heteroatoms. The number of aromatic nitrogens is 3. The second-order valence-electron chi connectivity index (χ2n) is 7.22. The van der Waals surface area contributed by atoms with Gasteiger partial charge < -0.3 is 9.64 Å². The van der Waals surface area contributed by atoms with Crippen LogP contribution in [0.1, 0.15) is 34.5 Å². The number of hydrogen-bond acceptors (Lipinski definition) is 4. The van der Waals surface area contributed by atoms with Gasteiger partial charge >= 0.3 is 0 Å². The number of rotatable bonds is 6. The van der Waals surface area contributed by atoms with Crippen LogP contribution in [0, 0.1) is 0 Å². The van der Waals surface area contributed by atoms with Gasteiger partial charge in [-0.05, 0) is 36.1 Å². The zero-order valence-corrected chi connectivity index (χ0v) is 16.8. The average molecular weight is 411 g/mol. The number of hydrogen-bond donors (Lipinski definition) is 0. The van der Waals surface area contributed by atoms with Crippen LogP contribution in [0.3, 0.4) is 0 Å². The molecule has 1 fully saturated rings. The van der Waals surface area contributed by atoms with Crippen LogP contribution in [0.4, 0.5) is 0 Å². The topological polar surface area (TPSA) is 60.2 Å². The maximum absolute atomic E-state index is 12.7. The van der Waals surface area contributed by atoms with Crippen molar-refractivity contribution in [3.05, 3.63) is 82.6 Å². The van der Waals surface area contributed by atoms with Crippen molar-refractivity contribution in [2.24, 2.45) is 0 Å². The molecule has 4 rings (SSSR count). The Labute approximate surface area is 175 Å². The number of nitrogens with zero attached hydrogens (tertiary/aromatic N) is 4. The first-order chi connectivity index (χ1) is 14.2. The Hall–Kier alpha value is -2.70. The Morgan fingerprint density at radius 1 is 1.03 bits per heavy atom. The molecule has 0 N–H and O–H groups in total. The first-order valence-corrected chi connectivity index (χ1v) is 10.1. The molecule has 29 heavy (non-hydrogen) atoms. The predicted molar refractivity (Wildman–Crippen MR) is 111 cm³/mol. The molecular weight excluding hydrogens is 388 g/mol. The van der Waals surface area contributed by atoms with Crippen molar-refractivity contribution in [1.82, 2.24) is 19.9 Å². The number of carbonyl (C=O) groups is 1. The summed E-state index contributed by atoms with van der Waals surface area (Å²) in [6.45, 7) is 2.50. The van der Waals surface area contributed by atoms with Gasteiger partial charge in [-0.3, -0.25) is 4.79 Å². The minimum Gasteiger partial charge on any atom is -0.373 e. The summed E-state index contributed by atoms with van der Waals surface area (Å²) < 4.78 is 7.68. The van der Waals surface area contributed by atoms with E-state index in [0.29, 0.717) is 37.0 Å². The van der Waals surface area contributed by atoms with Crippen molar-refractivity contribution in [3.8, 4) is 0 Å². The maximum Gasteiger partial charge on any atom is 0.276 e. The Morgan fingerprint density at radius 2 is 1.76 bits per heavy atom. The molecule has 0 aliphatic carbocycles. The van der Waals surface area contributed by atoms with Crippen LogP contribution in [-0.4, -0.2) is 45.0 Å². The van der Waals surface area contributed by atoms with Gasteiger partial charge in [0, 0.05) is 18.1 Å². The van der Waals surface area contributed by atoms with Gasteiger partial charge in [0.25, 0.3) is 5.91 Å². The van der Waals surface area contributed by atoms with Gasteiger partial charge in [-0.15, -0.1) is 5.10 Å². The summed E-state index contributed by atoms with van der Waals surface area (Å²) >= 11 is 5.91. The number of piperidine rings is 1. The van der Waals surface area contributed by atoms with E-state index in [-0.39, 0.29) is 12.0 Å². The number of halogens is 1. The molecule has 3 aromatic rings. The molecule has 1 amide bonds. The van der Waals surface area contributed by atoms with Crippen molar-refractivity contribution in [2.45, 2.75) is 32.1 Å². The molecule has 0 radical (unpaired) electrons. The summed E-state index contributed by atoms with van der Waals surface area (Å²) in [5, 5.41) is 8.85. The molecule has 0 spiro atoms. The molecule has 2 heterocycles. The Balaban J connectivity index is 1.27. The third-order valence-corrected chi connectivity index (χ3v) is 5.33. The van der Waals surface area contributed by atoms with Gasteiger partial charge in [-0.25, -0.2) is 4.68 Å². The summed E-state index contributed by atoms with van der Waals surface area (Å²) in [7, 11) is 0. The lowest BCUT2D eigenvalue weighted by Crippen LogP contribution is -2.41. The molecule has 1 aromatic heterocycles. The summed E-state index contributed by atoms with van der Waals surface area (Å²) in [5.74, 6) is -0.0751. The molecule has 0 unspecified atom stereocenters. The fraction of sp³-hybridized carbons (Fsp3) is 0.318. The molecule has 0 saturated carbocycles. The average Bonchev–Trinajstić information content (AvgIpc) is 3.23. The predicted octanol–water partition coefficient (Wildman–Crippen LogP) is 3.80. The zero-order chi connectivity index (χ0) is 20.1. The maximum atomic E-state index is 12.7. The first-order valence-electron chi connectivity index (χ1n) is 9.77. The normalized spacial score (nSPS) is 14.9. The van der Waals surface area contributed by atoms with E-state index in [1.165, 1.54) is 5.56 Å². The monoisotopic (exact) mass is 410 g/mol. The third kappa shape index (κ3) is 5.22. The number of likely N-dealkylation sites (tertiary alicyclic amines) is 1. The van der Waals surface area contributed by atoms with Gasteiger partial charge in [0.2, 0.25) is 0 Å². The van der Waals surface area contributed by atoms with E-state index >= 15 is 0 Å². The van der Waals surface area contributed by atoms with E-state index in [4.69, 9.17) is 16.3 Å².